The lowest BCUT2D eigenvalue weighted by molar-refractivity contribution is -0.146. The summed E-state index contributed by atoms with van der Waals surface area (Å²) >= 11 is 0. The van der Waals surface area contributed by atoms with Crippen molar-refractivity contribution in [3.63, 3.8) is 0 Å². The standard InChI is InChI=1S/C28H25NO7.2C3H6.2C2H6/c30-27(31)14-13-26(28(32)33)36-24-9-3-5-19(15-24)17-34-22-7-4-8-23(16-22)35-18-21-12-11-20-6-1-2-10-25(20)29-21;2*1-3-2;2*1-2/h1-12,15-16,26H,13-14,17-18H2,(H,30,31)(H,32,33);2*3H,1H2,2H3;2*1-2H3. The Hall–Kier alpha value is -5.11. The van der Waals surface area contributed by atoms with E-state index >= 15 is 0 Å². The van der Waals surface area contributed by atoms with Gasteiger partial charge in [0.2, 0.25) is 0 Å². The largest absolute Gasteiger partial charge is 0.489 e. The number of rotatable bonds is 12. The highest BCUT2D eigenvalue weighted by molar-refractivity contribution is 5.78. The van der Waals surface area contributed by atoms with Gasteiger partial charge in [0.1, 0.15) is 30.5 Å². The van der Waals surface area contributed by atoms with Crippen LogP contribution < -0.4 is 14.2 Å². The molecule has 0 aliphatic rings. The second kappa shape index (κ2) is 25.2. The molecule has 8 nitrogen and oxygen atoms in total. The molecule has 1 unspecified atom stereocenters. The van der Waals surface area contributed by atoms with E-state index < -0.39 is 18.0 Å². The van der Waals surface area contributed by atoms with Crippen LogP contribution in [-0.4, -0.2) is 33.2 Å². The molecule has 0 fully saturated rings. The molecule has 0 amide bonds. The smallest absolute Gasteiger partial charge is 0.344 e. The molecule has 4 aromatic rings. The highest BCUT2D eigenvalue weighted by Gasteiger charge is 2.20. The first-order valence-corrected chi connectivity index (χ1v) is 15.3. The number of nitrogens with zero attached hydrogens (tertiary/aromatic N) is 1. The zero-order valence-electron chi connectivity index (χ0n) is 27.9. The second-order valence-corrected chi connectivity index (χ2v) is 8.89. The SMILES string of the molecule is C=CC.C=CC.CC.CC.O=C(O)CCC(Oc1cccc(COc2cccc(OCc3ccc4ccccc4n3)c2)c1)C(=O)O. The van der Waals surface area contributed by atoms with Crippen molar-refractivity contribution in [2.45, 2.75) is 73.7 Å². The van der Waals surface area contributed by atoms with E-state index in [0.717, 1.165) is 22.2 Å². The predicted octanol–water partition coefficient (Wildman–Crippen LogP) is 9.53. The van der Waals surface area contributed by atoms with Crippen LogP contribution in [0.5, 0.6) is 17.2 Å². The minimum atomic E-state index is -1.25. The molecule has 0 radical (unpaired) electrons. The van der Waals surface area contributed by atoms with Crippen LogP contribution in [0.25, 0.3) is 10.9 Å². The van der Waals surface area contributed by atoms with E-state index in [2.05, 4.69) is 18.1 Å². The zero-order valence-corrected chi connectivity index (χ0v) is 27.9. The Labute approximate surface area is 274 Å². The summed E-state index contributed by atoms with van der Waals surface area (Å²) < 4.78 is 17.3. The lowest BCUT2D eigenvalue weighted by Crippen LogP contribution is -2.27. The number of ether oxygens (including phenoxy) is 3. The number of benzene rings is 3. The third kappa shape index (κ3) is 16.7. The van der Waals surface area contributed by atoms with Gasteiger partial charge in [0.15, 0.2) is 6.10 Å². The van der Waals surface area contributed by atoms with Crippen molar-refractivity contribution in [3.05, 3.63) is 121 Å². The van der Waals surface area contributed by atoms with E-state index in [4.69, 9.17) is 19.3 Å². The van der Waals surface area contributed by atoms with Gasteiger partial charge in [-0.3, -0.25) is 4.79 Å². The molecule has 0 aliphatic carbocycles. The third-order valence-electron chi connectivity index (χ3n) is 5.33. The van der Waals surface area contributed by atoms with Crippen LogP contribution in [0.4, 0.5) is 0 Å². The maximum Gasteiger partial charge on any atom is 0.344 e. The zero-order chi connectivity index (χ0) is 34.7. The Bertz CT molecular complexity index is 1450. The summed E-state index contributed by atoms with van der Waals surface area (Å²) in [7, 11) is 0. The van der Waals surface area contributed by atoms with E-state index in [1.165, 1.54) is 0 Å². The van der Waals surface area contributed by atoms with Crippen LogP contribution in [0.2, 0.25) is 0 Å². The van der Waals surface area contributed by atoms with Gasteiger partial charge >= 0.3 is 11.9 Å². The minimum Gasteiger partial charge on any atom is -0.489 e. The van der Waals surface area contributed by atoms with Crippen LogP contribution in [0, 0.1) is 0 Å². The molecule has 0 saturated carbocycles. The monoisotopic (exact) mass is 631 g/mol. The number of pyridine rings is 1. The first kappa shape index (κ1) is 40.9. The number of aromatic nitrogens is 1. The summed E-state index contributed by atoms with van der Waals surface area (Å²) in [6, 6.07) is 26.0. The van der Waals surface area contributed by atoms with Crippen LogP contribution in [0.3, 0.4) is 0 Å². The minimum absolute atomic E-state index is 0.132. The Morgan fingerprint density at radius 1 is 0.761 bits per heavy atom. The van der Waals surface area contributed by atoms with Crippen LogP contribution in [0.15, 0.2) is 110 Å². The normalized spacial score (nSPS) is 9.87. The van der Waals surface area contributed by atoms with Gasteiger partial charge < -0.3 is 24.4 Å². The number of fused-ring (bicyclic) bond motifs is 1. The number of carboxylic acids is 2. The van der Waals surface area contributed by atoms with Crippen LogP contribution in [-0.2, 0) is 22.8 Å². The first-order valence-electron chi connectivity index (χ1n) is 15.3. The molecule has 1 aromatic heterocycles. The quantitative estimate of drug-likeness (QED) is 0.149. The molecule has 0 saturated heterocycles. The number of carboxylic acid groups (broad SMARTS) is 2. The summed E-state index contributed by atoms with van der Waals surface area (Å²) in [5.74, 6) is -0.716. The molecule has 46 heavy (non-hydrogen) atoms. The maximum atomic E-state index is 11.4. The van der Waals surface area contributed by atoms with Crippen molar-refractivity contribution in [2.75, 3.05) is 0 Å². The first-order chi connectivity index (χ1) is 22.3. The molecule has 0 spiro atoms. The Morgan fingerprint density at radius 2 is 1.33 bits per heavy atom. The van der Waals surface area contributed by atoms with E-state index in [1.807, 2.05) is 102 Å². The average Bonchev–Trinajstić information content (AvgIpc) is 3.07. The fraction of sp³-hybridized carbons (Fsp3) is 0.289. The van der Waals surface area contributed by atoms with Gasteiger partial charge in [0, 0.05) is 24.3 Å². The lowest BCUT2D eigenvalue weighted by Gasteiger charge is -2.15. The van der Waals surface area contributed by atoms with Gasteiger partial charge in [-0.2, -0.15) is 0 Å². The molecule has 2 N–H and O–H groups in total. The van der Waals surface area contributed by atoms with Crippen molar-refractivity contribution in [3.8, 4) is 17.2 Å². The van der Waals surface area contributed by atoms with Gasteiger partial charge in [0.05, 0.1) is 11.2 Å². The molecule has 4 rings (SSSR count). The summed E-state index contributed by atoms with van der Waals surface area (Å²) in [4.78, 5) is 26.8. The summed E-state index contributed by atoms with van der Waals surface area (Å²) in [6.45, 7) is 19.0. The van der Waals surface area contributed by atoms with Crippen molar-refractivity contribution in [2.24, 2.45) is 0 Å². The summed E-state index contributed by atoms with van der Waals surface area (Å²) in [5, 5.41) is 19.2. The second-order valence-electron chi connectivity index (χ2n) is 8.89. The van der Waals surface area contributed by atoms with E-state index in [-0.39, 0.29) is 19.4 Å². The van der Waals surface area contributed by atoms with Crippen LogP contribution in [0.1, 0.15) is 65.6 Å². The van der Waals surface area contributed by atoms with Crippen molar-refractivity contribution in [1.29, 1.82) is 0 Å². The van der Waals surface area contributed by atoms with Gasteiger partial charge in [-0.1, -0.05) is 82.3 Å². The number of allylic oxidation sites excluding steroid dienone is 2. The van der Waals surface area contributed by atoms with Gasteiger partial charge in [-0.05, 0) is 55.8 Å². The number of hydrogen-bond donors (Lipinski definition) is 2. The fourth-order valence-electron chi connectivity index (χ4n) is 3.53. The Balaban J connectivity index is 0.00000182. The topological polar surface area (TPSA) is 115 Å². The molecule has 248 valence electrons. The molecule has 0 aliphatic heterocycles. The number of hydrogen-bond acceptors (Lipinski definition) is 6. The molecule has 0 bridgehead atoms. The average molecular weight is 632 g/mol. The number of aliphatic carboxylic acids is 2. The Morgan fingerprint density at radius 3 is 1.93 bits per heavy atom. The number of carbonyl (C=O) groups is 2. The molecule has 1 heterocycles. The third-order valence-corrected chi connectivity index (χ3v) is 5.33. The van der Waals surface area contributed by atoms with E-state index in [1.54, 1.807) is 36.4 Å². The van der Waals surface area contributed by atoms with E-state index in [9.17, 15) is 14.7 Å². The van der Waals surface area contributed by atoms with Crippen molar-refractivity contribution in [1.82, 2.24) is 4.98 Å². The summed E-state index contributed by atoms with van der Waals surface area (Å²) in [5.41, 5.74) is 2.50. The van der Waals surface area contributed by atoms with Gasteiger partial charge in [0.25, 0.3) is 0 Å². The van der Waals surface area contributed by atoms with Gasteiger partial charge in [-0.25, -0.2) is 9.78 Å². The highest BCUT2D eigenvalue weighted by Crippen LogP contribution is 2.23. The molecule has 8 heteroatoms. The van der Waals surface area contributed by atoms with Crippen LogP contribution >= 0.6 is 0 Å². The molecule has 3 aromatic carbocycles. The molecule has 1 atom stereocenters. The van der Waals surface area contributed by atoms with E-state index in [0.29, 0.717) is 23.9 Å². The van der Waals surface area contributed by atoms with Gasteiger partial charge in [-0.15, -0.1) is 13.2 Å². The summed E-state index contributed by atoms with van der Waals surface area (Å²) in [6.07, 6.45) is 1.82. The predicted molar refractivity (Wildman–Crippen MR) is 187 cm³/mol. The fourth-order valence-corrected chi connectivity index (χ4v) is 3.53. The molecular formula is C38H49NO7. The van der Waals surface area contributed by atoms with Crippen molar-refractivity contribution >= 4 is 22.8 Å². The Kier molecular flexibility index (Phi) is 22.4. The number of para-hydroxylation sites is 1. The lowest BCUT2D eigenvalue weighted by atomic mass is 10.2. The van der Waals surface area contributed by atoms with Crippen molar-refractivity contribution < 1.29 is 34.0 Å². The highest BCUT2D eigenvalue weighted by atomic mass is 16.5. The molecular weight excluding hydrogens is 582 g/mol. The maximum absolute atomic E-state index is 11.4.